The van der Waals surface area contributed by atoms with Crippen molar-refractivity contribution in [2.24, 2.45) is 5.73 Å². The minimum absolute atomic E-state index is 0. The fraction of sp³-hybridized carbons (Fsp3) is 0.647. The van der Waals surface area contributed by atoms with Gasteiger partial charge in [-0.15, -0.1) is 0 Å². The first-order valence-corrected chi connectivity index (χ1v) is 8.51. The van der Waals surface area contributed by atoms with E-state index in [1.807, 2.05) is 0 Å². The third kappa shape index (κ3) is 8.82. The third-order valence-electron chi connectivity index (χ3n) is 4.02. The van der Waals surface area contributed by atoms with Gasteiger partial charge >= 0.3 is 17.1 Å². The van der Waals surface area contributed by atoms with Crippen LogP contribution in [0.2, 0.25) is 0 Å². The van der Waals surface area contributed by atoms with Crippen molar-refractivity contribution in [3.8, 4) is 0 Å². The van der Waals surface area contributed by atoms with E-state index in [1.54, 1.807) is 0 Å². The zero-order chi connectivity index (χ0) is 15.5. The number of hydrogen-bond acceptors (Lipinski definition) is 5. The van der Waals surface area contributed by atoms with E-state index in [0.717, 1.165) is 71.9 Å². The molecule has 2 rings (SSSR count). The minimum atomic E-state index is 0. The molecule has 1 heterocycles. The number of rotatable bonds is 6. The molecule has 1 aliphatic heterocycles. The largest absolute Gasteiger partial charge is 2.00 e. The summed E-state index contributed by atoms with van der Waals surface area (Å²) in [5, 5.41) is 10.6. The summed E-state index contributed by atoms with van der Waals surface area (Å²) in [6, 6.07) is 8.84. The standard InChI is InChI=1S/C17H31N5.Mn/c18-5-2-6-19-7-10-22-11-8-20-14-16-3-1-4-17(13-16)15-21-9-12-22;/h1,3-4,13,19-21H,2,5-12,14-15,18H2;/q;+2. The first-order chi connectivity index (χ1) is 10.9. The summed E-state index contributed by atoms with van der Waals surface area (Å²) < 4.78 is 0. The molecular formula is C17H31MnN5+2. The summed E-state index contributed by atoms with van der Waals surface area (Å²) in [5.41, 5.74) is 8.25. The molecule has 0 saturated heterocycles. The smallest absolute Gasteiger partial charge is 0.330 e. The van der Waals surface area contributed by atoms with Gasteiger partial charge in [0.05, 0.1) is 0 Å². The van der Waals surface area contributed by atoms with E-state index < -0.39 is 0 Å². The second-order valence-electron chi connectivity index (χ2n) is 5.91. The predicted molar refractivity (Wildman–Crippen MR) is 92.8 cm³/mol. The van der Waals surface area contributed by atoms with Gasteiger partial charge in [0, 0.05) is 52.4 Å². The number of benzene rings is 1. The molecule has 1 aromatic rings. The minimum Gasteiger partial charge on any atom is -0.330 e. The van der Waals surface area contributed by atoms with E-state index in [2.05, 4.69) is 45.1 Å². The molecule has 129 valence electrons. The average Bonchev–Trinajstić information content (AvgIpc) is 2.54. The van der Waals surface area contributed by atoms with Gasteiger partial charge in [0.2, 0.25) is 0 Å². The Morgan fingerprint density at radius 2 is 1.70 bits per heavy atom. The summed E-state index contributed by atoms with van der Waals surface area (Å²) in [4.78, 5) is 2.52. The van der Waals surface area contributed by atoms with Gasteiger partial charge in [-0.25, -0.2) is 0 Å². The molecule has 0 aliphatic carbocycles. The van der Waals surface area contributed by atoms with Crippen LogP contribution in [0.15, 0.2) is 24.3 Å². The Hall–Kier alpha value is -0.461. The second kappa shape index (κ2) is 12.9. The number of nitrogens with zero attached hydrogens (tertiary/aromatic N) is 1. The molecule has 5 N–H and O–H groups in total. The molecule has 1 radical (unpaired) electrons. The van der Waals surface area contributed by atoms with Crippen LogP contribution >= 0.6 is 0 Å². The van der Waals surface area contributed by atoms with E-state index in [4.69, 9.17) is 5.73 Å². The van der Waals surface area contributed by atoms with Crippen LogP contribution in [-0.2, 0) is 30.2 Å². The molecule has 2 bridgehead atoms. The van der Waals surface area contributed by atoms with E-state index in [1.165, 1.54) is 11.1 Å². The van der Waals surface area contributed by atoms with Gasteiger partial charge in [0.1, 0.15) is 0 Å². The first-order valence-electron chi connectivity index (χ1n) is 8.51. The van der Waals surface area contributed by atoms with Gasteiger partial charge < -0.3 is 21.7 Å². The Morgan fingerprint density at radius 3 is 2.30 bits per heavy atom. The maximum Gasteiger partial charge on any atom is 2.00 e. The fourth-order valence-electron chi connectivity index (χ4n) is 2.71. The molecule has 0 aromatic heterocycles. The molecule has 6 heteroatoms. The quantitative estimate of drug-likeness (QED) is 0.429. The van der Waals surface area contributed by atoms with Crippen LogP contribution in [0.4, 0.5) is 0 Å². The Morgan fingerprint density at radius 1 is 1.04 bits per heavy atom. The monoisotopic (exact) mass is 360 g/mol. The Labute approximate surface area is 151 Å². The summed E-state index contributed by atoms with van der Waals surface area (Å²) >= 11 is 0. The van der Waals surface area contributed by atoms with Crippen molar-refractivity contribution in [2.75, 3.05) is 52.4 Å². The molecule has 5 nitrogen and oxygen atoms in total. The summed E-state index contributed by atoms with van der Waals surface area (Å²) in [6.07, 6.45) is 1.06. The molecule has 1 aromatic carbocycles. The molecule has 0 fully saturated rings. The molecule has 0 atom stereocenters. The summed E-state index contributed by atoms with van der Waals surface area (Å²) in [7, 11) is 0. The fourth-order valence-corrected chi connectivity index (χ4v) is 2.71. The van der Waals surface area contributed by atoms with Crippen LogP contribution in [-0.4, -0.2) is 57.3 Å². The normalized spacial score (nSPS) is 16.9. The Balaban J connectivity index is 0.00000264. The van der Waals surface area contributed by atoms with Crippen LogP contribution in [0, 0.1) is 0 Å². The molecule has 0 unspecified atom stereocenters. The number of nitrogens with two attached hydrogens (primary N) is 1. The van der Waals surface area contributed by atoms with Crippen molar-refractivity contribution in [2.45, 2.75) is 19.5 Å². The Kier molecular flexibility index (Phi) is 11.5. The first kappa shape index (κ1) is 20.6. The van der Waals surface area contributed by atoms with Gasteiger partial charge in [-0.2, -0.15) is 0 Å². The van der Waals surface area contributed by atoms with Gasteiger partial charge in [0.25, 0.3) is 0 Å². The molecular weight excluding hydrogens is 329 g/mol. The van der Waals surface area contributed by atoms with Crippen molar-refractivity contribution < 1.29 is 17.1 Å². The topological polar surface area (TPSA) is 65.3 Å². The third-order valence-corrected chi connectivity index (χ3v) is 4.02. The van der Waals surface area contributed by atoms with E-state index in [0.29, 0.717) is 0 Å². The van der Waals surface area contributed by atoms with Gasteiger partial charge in [0.15, 0.2) is 0 Å². The summed E-state index contributed by atoms with van der Waals surface area (Å²) in [6.45, 7) is 10.1. The predicted octanol–water partition coefficient (Wildman–Crippen LogP) is 0.117. The van der Waals surface area contributed by atoms with E-state index in [-0.39, 0.29) is 17.1 Å². The molecule has 1 aliphatic rings. The molecule has 0 spiro atoms. The maximum absolute atomic E-state index is 5.51. The van der Waals surface area contributed by atoms with Crippen molar-refractivity contribution in [1.29, 1.82) is 0 Å². The van der Waals surface area contributed by atoms with Crippen LogP contribution in [0.5, 0.6) is 0 Å². The average molecular weight is 360 g/mol. The molecule has 0 amide bonds. The van der Waals surface area contributed by atoms with Gasteiger partial charge in [-0.05, 0) is 30.6 Å². The molecule has 23 heavy (non-hydrogen) atoms. The molecule has 0 saturated carbocycles. The second-order valence-corrected chi connectivity index (χ2v) is 5.91. The van der Waals surface area contributed by atoms with Crippen molar-refractivity contribution in [3.63, 3.8) is 0 Å². The summed E-state index contributed by atoms with van der Waals surface area (Å²) in [5.74, 6) is 0. The number of fused-ring (bicyclic) bond motifs is 2. The number of nitrogens with one attached hydrogen (secondary N) is 3. The van der Waals surface area contributed by atoms with Crippen molar-refractivity contribution in [3.05, 3.63) is 35.4 Å². The zero-order valence-corrected chi connectivity index (χ0v) is 15.2. The van der Waals surface area contributed by atoms with Crippen molar-refractivity contribution >= 4 is 0 Å². The zero-order valence-electron chi connectivity index (χ0n) is 14.0. The van der Waals surface area contributed by atoms with Crippen LogP contribution in [0.1, 0.15) is 17.5 Å². The van der Waals surface area contributed by atoms with E-state index in [9.17, 15) is 0 Å². The van der Waals surface area contributed by atoms with Crippen LogP contribution in [0.3, 0.4) is 0 Å². The van der Waals surface area contributed by atoms with Gasteiger partial charge in [-0.3, -0.25) is 4.90 Å². The van der Waals surface area contributed by atoms with Crippen LogP contribution < -0.4 is 21.7 Å². The van der Waals surface area contributed by atoms with Crippen molar-refractivity contribution in [1.82, 2.24) is 20.9 Å². The van der Waals surface area contributed by atoms with E-state index >= 15 is 0 Å². The Bertz CT molecular complexity index is 388. The SMILES string of the molecule is NCCCNCCN1CCNCc2cccc(c2)CNCC1.[Mn+2]. The number of hydrogen-bond donors (Lipinski definition) is 4. The maximum atomic E-state index is 5.51. The van der Waals surface area contributed by atoms with Crippen LogP contribution in [0.25, 0.3) is 0 Å². The van der Waals surface area contributed by atoms with Gasteiger partial charge in [-0.1, -0.05) is 24.3 Å².